The third-order valence-corrected chi connectivity index (χ3v) is 4.51. The zero-order valence-electron chi connectivity index (χ0n) is 14.4. The van der Waals surface area contributed by atoms with Gasteiger partial charge in [0.05, 0.1) is 7.11 Å². The number of hydrogen-bond donors (Lipinski definition) is 2. The molecule has 24 heavy (non-hydrogen) atoms. The lowest BCUT2D eigenvalue weighted by molar-refractivity contribution is -0.168. The topological polar surface area (TPSA) is 84.9 Å². The van der Waals surface area contributed by atoms with Crippen LogP contribution in [0.25, 0.3) is 0 Å². The van der Waals surface area contributed by atoms with Crippen molar-refractivity contribution in [2.45, 2.75) is 38.7 Å². The molecule has 0 aromatic heterocycles. The summed E-state index contributed by atoms with van der Waals surface area (Å²) in [4.78, 5) is 24.3. The van der Waals surface area contributed by atoms with Crippen molar-refractivity contribution < 1.29 is 24.2 Å². The molecule has 6 heteroatoms. The number of Topliss-reactive ketones (excluding diaryl/α,β-unsaturated/α-hetero) is 1. The molecule has 0 saturated carbocycles. The molecule has 6 nitrogen and oxygen atoms in total. The Morgan fingerprint density at radius 2 is 1.96 bits per heavy atom. The van der Waals surface area contributed by atoms with Crippen molar-refractivity contribution in [3.8, 4) is 11.5 Å². The molecule has 1 saturated heterocycles. The second kappa shape index (κ2) is 7.66. The fourth-order valence-electron chi connectivity index (χ4n) is 2.99. The number of aromatic hydroxyl groups is 1. The molecule has 1 aromatic carbocycles. The van der Waals surface area contributed by atoms with Crippen LogP contribution in [0.4, 0.5) is 0 Å². The van der Waals surface area contributed by atoms with E-state index in [1.165, 1.54) is 13.2 Å². The van der Waals surface area contributed by atoms with Gasteiger partial charge in [0.15, 0.2) is 11.5 Å². The van der Waals surface area contributed by atoms with E-state index in [2.05, 4.69) is 5.32 Å². The second-order valence-electron chi connectivity index (χ2n) is 6.62. The third-order valence-electron chi connectivity index (χ3n) is 4.51. The Morgan fingerprint density at radius 3 is 2.58 bits per heavy atom. The maximum Gasteiger partial charge on any atom is 0.375 e. The minimum Gasteiger partial charge on any atom is -0.504 e. The van der Waals surface area contributed by atoms with E-state index in [1.807, 2.05) is 13.8 Å². The standard InChI is InChI=1S/C18H25NO5/c1-18(2,13-6-8-19-9-7-13)24-17(22)15(21)10-12-4-5-14(20)16(11-12)23-3/h4-5,11,13,19-20H,6-10H2,1-3H3. The van der Waals surface area contributed by atoms with Crippen LogP contribution < -0.4 is 10.1 Å². The third kappa shape index (κ3) is 4.47. The van der Waals surface area contributed by atoms with Crippen LogP contribution in [-0.2, 0) is 20.7 Å². The van der Waals surface area contributed by atoms with Crippen LogP contribution in [-0.4, -0.2) is 42.7 Å². The SMILES string of the molecule is COc1cc(CC(=O)C(=O)OC(C)(C)C2CCNCC2)ccc1O. The number of rotatable bonds is 6. The van der Waals surface area contributed by atoms with E-state index in [9.17, 15) is 14.7 Å². The summed E-state index contributed by atoms with van der Waals surface area (Å²) in [5.74, 6) is -0.924. The van der Waals surface area contributed by atoms with Gasteiger partial charge in [-0.05, 0) is 57.5 Å². The van der Waals surface area contributed by atoms with Crippen LogP contribution in [0.1, 0.15) is 32.3 Å². The van der Waals surface area contributed by atoms with E-state index < -0.39 is 17.4 Å². The first-order chi connectivity index (χ1) is 11.3. The number of phenols is 1. The second-order valence-corrected chi connectivity index (χ2v) is 6.62. The number of ether oxygens (including phenoxy) is 2. The van der Waals surface area contributed by atoms with Crippen molar-refractivity contribution in [3.05, 3.63) is 23.8 Å². The fraction of sp³-hybridized carbons (Fsp3) is 0.556. The van der Waals surface area contributed by atoms with Crippen LogP contribution in [0.3, 0.4) is 0 Å². The van der Waals surface area contributed by atoms with Gasteiger partial charge in [-0.2, -0.15) is 0 Å². The number of esters is 1. The van der Waals surface area contributed by atoms with Crippen LogP contribution in [0, 0.1) is 5.92 Å². The van der Waals surface area contributed by atoms with Gasteiger partial charge in [0.1, 0.15) is 5.60 Å². The summed E-state index contributed by atoms with van der Waals surface area (Å²) in [5.41, 5.74) is -0.0760. The summed E-state index contributed by atoms with van der Waals surface area (Å²) >= 11 is 0. The average Bonchev–Trinajstić information content (AvgIpc) is 2.57. The molecule has 0 amide bonds. The number of methoxy groups -OCH3 is 1. The highest BCUT2D eigenvalue weighted by Gasteiger charge is 2.35. The van der Waals surface area contributed by atoms with Gasteiger partial charge in [-0.3, -0.25) is 4.79 Å². The number of hydrogen-bond acceptors (Lipinski definition) is 6. The lowest BCUT2D eigenvalue weighted by Gasteiger charge is -2.36. The van der Waals surface area contributed by atoms with Gasteiger partial charge in [-0.15, -0.1) is 0 Å². The smallest absolute Gasteiger partial charge is 0.375 e. The lowest BCUT2D eigenvalue weighted by Crippen LogP contribution is -2.44. The van der Waals surface area contributed by atoms with Crippen LogP contribution in [0.5, 0.6) is 11.5 Å². The number of phenolic OH excluding ortho intramolecular Hbond substituents is 1. The zero-order valence-corrected chi connectivity index (χ0v) is 14.4. The number of carbonyl (C=O) groups is 2. The zero-order chi connectivity index (χ0) is 17.7. The van der Waals surface area contributed by atoms with Crippen molar-refractivity contribution in [3.63, 3.8) is 0 Å². The highest BCUT2D eigenvalue weighted by molar-refractivity contribution is 6.34. The average molecular weight is 335 g/mol. The Balaban J connectivity index is 1.97. The molecular weight excluding hydrogens is 310 g/mol. The van der Waals surface area contributed by atoms with Gasteiger partial charge in [-0.25, -0.2) is 4.79 Å². The highest BCUT2D eigenvalue weighted by Crippen LogP contribution is 2.29. The summed E-state index contributed by atoms with van der Waals surface area (Å²) in [6.45, 7) is 5.51. The van der Waals surface area contributed by atoms with Gasteiger partial charge >= 0.3 is 5.97 Å². The van der Waals surface area contributed by atoms with Gasteiger partial charge in [-0.1, -0.05) is 6.07 Å². The molecule has 0 bridgehead atoms. The number of piperidine rings is 1. The minimum atomic E-state index is -0.814. The molecule has 0 unspecified atom stereocenters. The van der Waals surface area contributed by atoms with Crippen LogP contribution in [0.2, 0.25) is 0 Å². The van der Waals surface area contributed by atoms with Gasteiger partial charge in [0.2, 0.25) is 5.78 Å². The van der Waals surface area contributed by atoms with Gasteiger partial charge in [0, 0.05) is 12.3 Å². The molecule has 1 fully saturated rings. The maximum absolute atomic E-state index is 12.2. The molecule has 0 aliphatic carbocycles. The van der Waals surface area contributed by atoms with Crippen molar-refractivity contribution in [2.24, 2.45) is 5.92 Å². The lowest BCUT2D eigenvalue weighted by atomic mass is 9.83. The monoisotopic (exact) mass is 335 g/mol. The molecule has 0 radical (unpaired) electrons. The molecule has 1 aliphatic heterocycles. The van der Waals surface area contributed by atoms with E-state index in [1.54, 1.807) is 12.1 Å². The highest BCUT2D eigenvalue weighted by atomic mass is 16.6. The van der Waals surface area contributed by atoms with E-state index in [0.717, 1.165) is 25.9 Å². The summed E-state index contributed by atoms with van der Waals surface area (Å²) in [6.07, 6.45) is 1.75. The first kappa shape index (κ1) is 18.3. The summed E-state index contributed by atoms with van der Waals surface area (Å²) in [5, 5.41) is 12.8. The van der Waals surface area contributed by atoms with E-state index in [4.69, 9.17) is 9.47 Å². The van der Waals surface area contributed by atoms with Crippen LogP contribution in [0.15, 0.2) is 18.2 Å². The maximum atomic E-state index is 12.2. The molecule has 2 rings (SSSR count). The summed E-state index contributed by atoms with van der Waals surface area (Å²) in [6, 6.07) is 4.56. The predicted molar refractivity (Wildman–Crippen MR) is 89.1 cm³/mol. The predicted octanol–water partition coefficient (Wildman–Crippen LogP) is 1.83. The van der Waals surface area contributed by atoms with Gasteiger partial charge in [0.25, 0.3) is 0 Å². The molecule has 1 aromatic rings. The van der Waals surface area contributed by atoms with Crippen molar-refractivity contribution in [2.75, 3.05) is 20.2 Å². The molecule has 0 atom stereocenters. The van der Waals surface area contributed by atoms with Crippen LogP contribution >= 0.6 is 0 Å². The largest absolute Gasteiger partial charge is 0.504 e. The summed E-state index contributed by atoms with van der Waals surface area (Å²) in [7, 11) is 1.43. The first-order valence-electron chi connectivity index (χ1n) is 8.16. The quantitative estimate of drug-likeness (QED) is 0.609. The molecular formula is C18H25NO5. The Labute approximate surface area is 142 Å². The first-order valence-corrected chi connectivity index (χ1v) is 8.16. The fourth-order valence-corrected chi connectivity index (χ4v) is 2.99. The van der Waals surface area contributed by atoms with E-state index in [0.29, 0.717) is 5.56 Å². The van der Waals surface area contributed by atoms with Crippen molar-refractivity contribution >= 4 is 11.8 Å². The number of benzene rings is 1. The van der Waals surface area contributed by atoms with E-state index in [-0.39, 0.29) is 23.8 Å². The molecule has 132 valence electrons. The molecule has 0 spiro atoms. The minimum absolute atomic E-state index is 0.0108. The van der Waals surface area contributed by atoms with Crippen molar-refractivity contribution in [1.29, 1.82) is 0 Å². The number of carbonyl (C=O) groups excluding carboxylic acids is 2. The number of nitrogens with one attached hydrogen (secondary N) is 1. The Morgan fingerprint density at radius 1 is 1.29 bits per heavy atom. The van der Waals surface area contributed by atoms with Crippen molar-refractivity contribution in [1.82, 2.24) is 5.32 Å². The Hall–Kier alpha value is -2.08. The molecule has 1 heterocycles. The number of ketones is 1. The van der Waals surface area contributed by atoms with Gasteiger partial charge < -0.3 is 19.9 Å². The summed E-state index contributed by atoms with van der Waals surface area (Å²) < 4.78 is 10.5. The molecule has 2 N–H and O–H groups in total. The molecule has 1 aliphatic rings. The Bertz CT molecular complexity index is 605. The Kier molecular flexibility index (Phi) is 5.83. The normalized spacial score (nSPS) is 15.8. The van der Waals surface area contributed by atoms with E-state index >= 15 is 0 Å².